The zero-order valence-electron chi connectivity index (χ0n) is 11.7. The molecule has 20 heavy (non-hydrogen) atoms. The van der Waals surface area contributed by atoms with Gasteiger partial charge in [-0.3, -0.25) is 4.79 Å². The zero-order valence-corrected chi connectivity index (χ0v) is 12.5. The van der Waals surface area contributed by atoms with Crippen molar-refractivity contribution in [3.63, 3.8) is 0 Å². The van der Waals surface area contributed by atoms with E-state index in [9.17, 15) is 4.79 Å². The molecule has 1 unspecified atom stereocenters. The SMILES string of the molecule is CN(C)C(=O)CC(c1ccccc1)c1ccccc1Cl. The Labute approximate surface area is 125 Å². The quantitative estimate of drug-likeness (QED) is 0.834. The van der Waals surface area contributed by atoms with E-state index in [4.69, 9.17) is 11.6 Å². The van der Waals surface area contributed by atoms with Crippen LogP contribution >= 0.6 is 11.6 Å². The second-order valence-electron chi connectivity index (χ2n) is 4.98. The number of rotatable bonds is 4. The molecule has 2 aromatic carbocycles. The molecule has 0 aliphatic rings. The van der Waals surface area contributed by atoms with Crippen molar-refractivity contribution >= 4 is 17.5 Å². The summed E-state index contributed by atoms with van der Waals surface area (Å²) >= 11 is 6.31. The van der Waals surface area contributed by atoms with Crippen molar-refractivity contribution in [2.45, 2.75) is 12.3 Å². The van der Waals surface area contributed by atoms with Gasteiger partial charge < -0.3 is 4.90 Å². The topological polar surface area (TPSA) is 20.3 Å². The van der Waals surface area contributed by atoms with Crippen LogP contribution in [-0.4, -0.2) is 24.9 Å². The van der Waals surface area contributed by atoms with Crippen molar-refractivity contribution in [2.24, 2.45) is 0 Å². The molecule has 0 radical (unpaired) electrons. The van der Waals surface area contributed by atoms with Crippen LogP contribution in [0.1, 0.15) is 23.5 Å². The maximum Gasteiger partial charge on any atom is 0.223 e. The van der Waals surface area contributed by atoms with Crippen LogP contribution in [0.25, 0.3) is 0 Å². The van der Waals surface area contributed by atoms with E-state index in [1.54, 1.807) is 19.0 Å². The van der Waals surface area contributed by atoms with E-state index in [1.165, 1.54) is 0 Å². The number of hydrogen-bond donors (Lipinski definition) is 0. The van der Waals surface area contributed by atoms with Gasteiger partial charge in [-0.05, 0) is 17.2 Å². The lowest BCUT2D eigenvalue weighted by molar-refractivity contribution is -0.128. The van der Waals surface area contributed by atoms with E-state index in [1.807, 2.05) is 54.6 Å². The molecule has 2 aromatic rings. The van der Waals surface area contributed by atoms with Crippen LogP contribution in [0.5, 0.6) is 0 Å². The van der Waals surface area contributed by atoms with Gasteiger partial charge in [0.2, 0.25) is 5.91 Å². The highest BCUT2D eigenvalue weighted by Crippen LogP contribution is 2.33. The molecule has 0 aliphatic carbocycles. The lowest BCUT2D eigenvalue weighted by atomic mass is 9.88. The minimum Gasteiger partial charge on any atom is -0.349 e. The van der Waals surface area contributed by atoms with Gasteiger partial charge in [0.25, 0.3) is 0 Å². The average molecular weight is 288 g/mol. The first-order valence-electron chi connectivity index (χ1n) is 6.59. The van der Waals surface area contributed by atoms with Gasteiger partial charge >= 0.3 is 0 Å². The molecule has 0 spiro atoms. The predicted octanol–water partition coefficient (Wildman–Crippen LogP) is 3.95. The average Bonchev–Trinajstić information content (AvgIpc) is 2.46. The van der Waals surface area contributed by atoms with Crippen LogP contribution in [0.15, 0.2) is 54.6 Å². The standard InChI is InChI=1S/C17H18ClNO/c1-19(2)17(20)12-15(13-8-4-3-5-9-13)14-10-6-7-11-16(14)18/h3-11,15H,12H2,1-2H3. The molecule has 2 rings (SSSR count). The molecule has 2 nitrogen and oxygen atoms in total. The molecule has 0 bridgehead atoms. The lowest BCUT2D eigenvalue weighted by Gasteiger charge is -2.21. The summed E-state index contributed by atoms with van der Waals surface area (Å²) in [4.78, 5) is 13.7. The Morgan fingerprint density at radius 2 is 1.65 bits per heavy atom. The Balaban J connectivity index is 2.40. The highest BCUT2D eigenvalue weighted by Gasteiger charge is 2.21. The summed E-state index contributed by atoms with van der Waals surface area (Å²) in [5.74, 6) is 0.0820. The molecule has 0 fully saturated rings. The van der Waals surface area contributed by atoms with E-state index in [0.29, 0.717) is 11.4 Å². The summed E-state index contributed by atoms with van der Waals surface area (Å²) in [7, 11) is 3.55. The molecule has 0 saturated carbocycles. The normalized spacial score (nSPS) is 11.9. The van der Waals surface area contributed by atoms with Gasteiger partial charge in [-0.1, -0.05) is 60.1 Å². The highest BCUT2D eigenvalue weighted by atomic mass is 35.5. The lowest BCUT2D eigenvalue weighted by Crippen LogP contribution is -2.24. The first-order valence-corrected chi connectivity index (χ1v) is 6.97. The van der Waals surface area contributed by atoms with Crippen molar-refractivity contribution in [1.82, 2.24) is 4.90 Å². The molecule has 0 aromatic heterocycles. The molecule has 1 atom stereocenters. The molecule has 0 saturated heterocycles. The van der Waals surface area contributed by atoms with E-state index < -0.39 is 0 Å². The predicted molar refractivity (Wildman–Crippen MR) is 83.0 cm³/mol. The first kappa shape index (κ1) is 14.6. The molecule has 1 amide bonds. The Kier molecular flexibility index (Phi) is 4.80. The smallest absolute Gasteiger partial charge is 0.223 e. The Morgan fingerprint density at radius 1 is 1.05 bits per heavy atom. The van der Waals surface area contributed by atoms with E-state index in [2.05, 4.69) is 0 Å². The van der Waals surface area contributed by atoms with Crippen LogP contribution in [-0.2, 0) is 4.79 Å². The van der Waals surface area contributed by atoms with E-state index >= 15 is 0 Å². The van der Waals surface area contributed by atoms with Crippen molar-refractivity contribution < 1.29 is 4.79 Å². The second-order valence-corrected chi connectivity index (χ2v) is 5.38. The Bertz CT molecular complexity index is 581. The zero-order chi connectivity index (χ0) is 14.5. The van der Waals surface area contributed by atoms with Crippen LogP contribution in [0.2, 0.25) is 5.02 Å². The monoisotopic (exact) mass is 287 g/mol. The van der Waals surface area contributed by atoms with E-state index in [-0.39, 0.29) is 11.8 Å². The summed E-state index contributed by atoms with van der Waals surface area (Å²) < 4.78 is 0. The summed E-state index contributed by atoms with van der Waals surface area (Å²) in [6.07, 6.45) is 0.417. The third-order valence-corrected chi connectivity index (χ3v) is 3.70. The van der Waals surface area contributed by atoms with Gasteiger partial charge in [0.05, 0.1) is 0 Å². The van der Waals surface area contributed by atoms with Gasteiger partial charge in [-0.25, -0.2) is 0 Å². The Hall–Kier alpha value is -1.80. The number of carbonyl (C=O) groups excluding carboxylic acids is 1. The first-order chi connectivity index (χ1) is 9.59. The van der Waals surface area contributed by atoms with Gasteiger partial charge in [-0.2, -0.15) is 0 Å². The van der Waals surface area contributed by atoms with Crippen LogP contribution in [0.3, 0.4) is 0 Å². The molecular weight excluding hydrogens is 270 g/mol. The van der Waals surface area contributed by atoms with Gasteiger partial charge in [0, 0.05) is 31.5 Å². The minimum atomic E-state index is -0.0141. The number of benzene rings is 2. The van der Waals surface area contributed by atoms with Crippen molar-refractivity contribution in [3.8, 4) is 0 Å². The molecule has 0 aliphatic heterocycles. The minimum absolute atomic E-state index is 0.0141. The van der Waals surface area contributed by atoms with Gasteiger partial charge in [-0.15, -0.1) is 0 Å². The van der Waals surface area contributed by atoms with Crippen molar-refractivity contribution in [2.75, 3.05) is 14.1 Å². The van der Waals surface area contributed by atoms with E-state index in [0.717, 1.165) is 11.1 Å². The molecule has 104 valence electrons. The fourth-order valence-electron chi connectivity index (χ4n) is 2.21. The van der Waals surface area contributed by atoms with Gasteiger partial charge in [0.1, 0.15) is 0 Å². The molecule has 0 N–H and O–H groups in total. The summed E-state index contributed by atoms with van der Waals surface area (Å²) in [6, 6.07) is 17.7. The fourth-order valence-corrected chi connectivity index (χ4v) is 2.48. The fraction of sp³-hybridized carbons (Fsp3) is 0.235. The second kappa shape index (κ2) is 6.58. The van der Waals surface area contributed by atoms with Crippen molar-refractivity contribution in [3.05, 3.63) is 70.7 Å². The van der Waals surface area contributed by atoms with Crippen LogP contribution < -0.4 is 0 Å². The number of hydrogen-bond acceptors (Lipinski definition) is 1. The third-order valence-electron chi connectivity index (χ3n) is 3.36. The molecule has 3 heteroatoms. The number of carbonyl (C=O) groups is 1. The Morgan fingerprint density at radius 3 is 2.25 bits per heavy atom. The largest absolute Gasteiger partial charge is 0.349 e. The summed E-state index contributed by atoms with van der Waals surface area (Å²) in [5, 5.41) is 0.702. The maximum absolute atomic E-state index is 12.1. The highest BCUT2D eigenvalue weighted by molar-refractivity contribution is 6.31. The van der Waals surface area contributed by atoms with Crippen molar-refractivity contribution in [1.29, 1.82) is 0 Å². The van der Waals surface area contributed by atoms with Crippen LogP contribution in [0.4, 0.5) is 0 Å². The summed E-state index contributed by atoms with van der Waals surface area (Å²) in [6.45, 7) is 0. The number of amides is 1. The number of halogens is 1. The summed E-state index contributed by atoms with van der Waals surface area (Å²) in [5.41, 5.74) is 2.10. The maximum atomic E-state index is 12.1. The van der Waals surface area contributed by atoms with Crippen LogP contribution in [0, 0.1) is 0 Å². The molecular formula is C17H18ClNO. The number of nitrogens with zero attached hydrogens (tertiary/aromatic N) is 1. The van der Waals surface area contributed by atoms with Gasteiger partial charge in [0.15, 0.2) is 0 Å². The third kappa shape index (κ3) is 3.40. The molecule has 0 heterocycles.